The number of hydrogen-bond acceptors (Lipinski definition) is 4. The van der Waals surface area contributed by atoms with Gasteiger partial charge in [-0.3, -0.25) is 4.99 Å². The molecule has 0 radical (unpaired) electrons. The Morgan fingerprint density at radius 2 is 2.40 bits per heavy atom. The van der Waals surface area contributed by atoms with Gasteiger partial charge in [0.05, 0.1) is 6.54 Å². The maximum Gasteiger partial charge on any atom is 0.134 e. The predicted octanol–water partition coefficient (Wildman–Crippen LogP) is 1.75. The molecule has 15 heavy (non-hydrogen) atoms. The molecule has 1 aromatic carbocycles. The lowest BCUT2D eigenvalue weighted by atomic mass is 10.2. The summed E-state index contributed by atoms with van der Waals surface area (Å²) in [5, 5.41) is 0.749. The fourth-order valence-electron chi connectivity index (χ4n) is 1.92. The summed E-state index contributed by atoms with van der Waals surface area (Å²) in [4.78, 5) is 7.78. The zero-order chi connectivity index (χ0) is 10.4. The van der Waals surface area contributed by atoms with Gasteiger partial charge in [-0.05, 0) is 18.2 Å². The molecule has 0 spiro atoms. The number of rotatable bonds is 0. The van der Waals surface area contributed by atoms with Gasteiger partial charge in [-0.25, -0.2) is 0 Å². The first-order chi connectivity index (χ1) is 7.25. The standard InChI is InChI=1S/C10H10ClN3S/c11-6-1-2-8-7(5-6)9-13-3-4-14(9)10(12)15-8/h1-2,5,10H,3-4,12H2. The second-order valence-corrected chi connectivity index (χ2v) is 5.14. The highest BCUT2D eigenvalue weighted by molar-refractivity contribution is 8.00. The summed E-state index contributed by atoms with van der Waals surface area (Å²) in [6.45, 7) is 1.74. The quantitative estimate of drug-likeness (QED) is 0.750. The van der Waals surface area contributed by atoms with Gasteiger partial charge in [0.1, 0.15) is 11.3 Å². The van der Waals surface area contributed by atoms with Gasteiger partial charge in [0.25, 0.3) is 0 Å². The molecule has 5 heteroatoms. The van der Waals surface area contributed by atoms with Crippen LogP contribution in [0.15, 0.2) is 28.1 Å². The van der Waals surface area contributed by atoms with E-state index in [1.165, 1.54) is 4.90 Å². The Hall–Kier alpha value is -0.710. The van der Waals surface area contributed by atoms with Gasteiger partial charge >= 0.3 is 0 Å². The van der Waals surface area contributed by atoms with Crippen LogP contribution in [0, 0.1) is 0 Å². The number of hydrogen-bond donors (Lipinski definition) is 1. The molecule has 1 unspecified atom stereocenters. The van der Waals surface area contributed by atoms with Crippen molar-refractivity contribution in [2.45, 2.75) is 10.4 Å². The largest absolute Gasteiger partial charge is 0.330 e. The number of nitrogens with two attached hydrogens (primary N) is 1. The highest BCUT2D eigenvalue weighted by Gasteiger charge is 2.31. The molecule has 2 N–H and O–H groups in total. The SMILES string of the molecule is NC1Sc2ccc(Cl)cc2C2=NCCN21. The molecular weight excluding hydrogens is 230 g/mol. The van der Waals surface area contributed by atoms with E-state index in [0.29, 0.717) is 0 Å². The Bertz CT molecular complexity index is 446. The minimum Gasteiger partial charge on any atom is -0.330 e. The smallest absolute Gasteiger partial charge is 0.134 e. The van der Waals surface area contributed by atoms with Gasteiger partial charge in [-0.2, -0.15) is 0 Å². The molecule has 0 amide bonds. The third-order valence-electron chi connectivity index (χ3n) is 2.61. The molecule has 0 bridgehead atoms. The number of halogens is 1. The summed E-state index contributed by atoms with van der Waals surface area (Å²) in [6, 6.07) is 5.87. The van der Waals surface area contributed by atoms with Crippen molar-refractivity contribution in [2.75, 3.05) is 13.1 Å². The maximum absolute atomic E-state index is 6.05. The van der Waals surface area contributed by atoms with E-state index in [1.54, 1.807) is 11.8 Å². The van der Waals surface area contributed by atoms with E-state index < -0.39 is 0 Å². The molecule has 0 saturated heterocycles. The third-order valence-corrected chi connectivity index (χ3v) is 3.95. The summed E-state index contributed by atoms with van der Waals surface area (Å²) >= 11 is 7.65. The third kappa shape index (κ3) is 1.44. The van der Waals surface area contributed by atoms with E-state index in [9.17, 15) is 0 Å². The molecule has 0 aliphatic carbocycles. The summed E-state index contributed by atoms with van der Waals surface area (Å²) in [6.07, 6.45) is 0. The number of aliphatic imine (C=N–C) groups is 1. The van der Waals surface area contributed by atoms with Crippen molar-refractivity contribution in [1.29, 1.82) is 0 Å². The molecule has 1 aromatic rings. The van der Waals surface area contributed by atoms with Gasteiger partial charge < -0.3 is 10.6 Å². The molecule has 78 valence electrons. The van der Waals surface area contributed by atoms with Crippen LogP contribution in [-0.2, 0) is 0 Å². The van der Waals surface area contributed by atoms with Gasteiger partial charge in [0, 0.05) is 22.0 Å². The van der Waals surface area contributed by atoms with E-state index in [-0.39, 0.29) is 5.50 Å². The maximum atomic E-state index is 6.05. The van der Waals surface area contributed by atoms with Crippen molar-refractivity contribution >= 4 is 29.2 Å². The predicted molar refractivity (Wildman–Crippen MR) is 63.4 cm³/mol. The van der Waals surface area contributed by atoms with Crippen LogP contribution >= 0.6 is 23.4 Å². The topological polar surface area (TPSA) is 41.6 Å². The molecule has 3 rings (SSSR count). The van der Waals surface area contributed by atoms with Crippen molar-refractivity contribution in [3.63, 3.8) is 0 Å². The molecule has 0 fully saturated rings. The minimum atomic E-state index is -0.0140. The average Bonchev–Trinajstić information content (AvgIpc) is 2.69. The summed E-state index contributed by atoms with van der Waals surface area (Å²) < 4.78 is 0. The first kappa shape index (κ1) is 9.51. The van der Waals surface area contributed by atoms with E-state index in [2.05, 4.69) is 9.89 Å². The first-order valence-electron chi connectivity index (χ1n) is 4.79. The molecule has 0 saturated carbocycles. The van der Waals surface area contributed by atoms with Crippen LogP contribution in [-0.4, -0.2) is 29.3 Å². The lowest BCUT2D eigenvalue weighted by Crippen LogP contribution is -2.44. The molecule has 2 heterocycles. The molecule has 2 aliphatic rings. The van der Waals surface area contributed by atoms with Gasteiger partial charge in [0.2, 0.25) is 0 Å². The Morgan fingerprint density at radius 3 is 3.27 bits per heavy atom. The fraction of sp³-hybridized carbons (Fsp3) is 0.300. The Labute approximate surface area is 97.3 Å². The molecular formula is C10H10ClN3S. The monoisotopic (exact) mass is 239 g/mol. The number of thioether (sulfide) groups is 1. The van der Waals surface area contributed by atoms with Crippen molar-refractivity contribution in [3.8, 4) is 0 Å². The molecule has 0 aromatic heterocycles. The van der Waals surface area contributed by atoms with Crippen LogP contribution in [0.5, 0.6) is 0 Å². The van der Waals surface area contributed by atoms with Gasteiger partial charge in [-0.15, -0.1) is 0 Å². The van der Waals surface area contributed by atoms with Crippen molar-refractivity contribution in [3.05, 3.63) is 28.8 Å². The number of amidine groups is 1. The van der Waals surface area contributed by atoms with Crippen LogP contribution in [0.4, 0.5) is 0 Å². The summed E-state index contributed by atoms with van der Waals surface area (Å²) in [5.74, 6) is 0.999. The molecule has 1 atom stereocenters. The van der Waals surface area contributed by atoms with E-state index >= 15 is 0 Å². The number of benzene rings is 1. The van der Waals surface area contributed by atoms with Crippen LogP contribution in [0.1, 0.15) is 5.56 Å². The number of nitrogens with zero attached hydrogens (tertiary/aromatic N) is 2. The summed E-state index contributed by atoms with van der Waals surface area (Å²) in [5.41, 5.74) is 7.15. The Kier molecular flexibility index (Phi) is 2.16. The highest BCUT2D eigenvalue weighted by atomic mass is 35.5. The zero-order valence-electron chi connectivity index (χ0n) is 7.98. The Morgan fingerprint density at radius 1 is 1.53 bits per heavy atom. The van der Waals surface area contributed by atoms with E-state index in [0.717, 1.165) is 29.5 Å². The molecule has 3 nitrogen and oxygen atoms in total. The molecule has 2 aliphatic heterocycles. The highest BCUT2D eigenvalue weighted by Crippen LogP contribution is 2.36. The summed E-state index contributed by atoms with van der Waals surface area (Å²) in [7, 11) is 0. The Balaban J connectivity index is 2.16. The average molecular weight is 240 g/mol. The van der Waals surface area contributed by atoms with Crippen molar-refractivity contribution in [2.24, 2.45) is 10.7 Å². The van der Waals surface area contributed by atoms with Crippen molar-refractivity contribution in [1.82, 2.24) is 4.90 Å². The van der Waals surface area contributed by atoms with Crippen LogP contribution in [0.25, 0.3) is 0 Å². The van der Waals surface area contributed by atoms with Gasteiger partial charge in [0.15, 0.2) is 0 Å². The van der Waals surface area contributed by atoms with E-state index in [1.807, 2.05) is 18.2 Å². The van der Waals surface area contributed by atoms with Crippen LogP contribution < -0.4 is 5.73 Å². The lowest BCUT2D eigenvalue weighted by molar-refractivity contribution is 0.435. The number of fused-ring (bicyclic) bond motifs is 3. The van der Waals surface area contributed by atoms with Crippen LogP contribution in [0.2, 0.25) is 5.02 Å². The lowest BCUT2D eigenvalue weighted by Gasteiger charge is -2.32. The first-order valence-corrected chi connectivity index (χ1v) is 6.05. The fourth-order valence-corrected chi connectivity index (χ4v) is 3.11. The normalized spacial score (nSPS) is 23.5. The second-order valence-electron chi connectivity index (χ2n) is 3.55. The van der Waals surface area contributed by atoms with Crippen LogP contribution in [0.3, 0.4) is 0 Å². The minimum absolute atomic E-state index is 0.0140. The zero-order valence-corrected chi connectivity index (χ0v) is 9.55. The van der Waals surface area contributed by atoms with Crippen molar-refractivity contribution < 1.29 is 0 Å². The van der Waals surface area contributed by atoms with Gasteiger partial charge in [-0.1, -0.05) is 23.4 Å². The second kappa shape index (κ2) is 3.40. The van der Waals surface area contributed by atoms with E-state index in [4.69, 9.17) is 17.3 Å².